The van der Waals surface area contributed by atoms with E-state index in [1.807, 2.05) is 4.68 Å². The number of aromatic nitrogens is 2. The third-order valence-corrected chi connectivity index (χ3v) is 3.39. The molecule has 0 radical (unpaired) electrons. The Hall–Kier alpha value is -0.540. The average molecular weight is 229 g/mol. The summed E-state index contributed by atoms with van der Waals surface area (Å²) in [5.74, 6) is 0.187. The van der Waals surface area contributed by atoms with Gasteiger partial charge < -0.3 is 5.11 Å². The minimum absolute atomic E-state index is 0.187. The molecule has 4 heteroatoms. The third-order valence-electron chi connectivity index (χ3n) is 3.10. The summed E-state index contributed by atoms with van der Waals surface area (Å²) >= 11 is 6.13. The van der Waals surface area contributed by atoms with Crippen molar-refractivity contribution in [1.82, 2.24) is 9.78 Å². The van der Waals surface area contributed by atoms with Crippen molar-refractivity contribution in [3.8, 4) is 0 Å². The van der Waals surface area contributed by atoms with Crippen molar-refractivity contribution in [1.29, 1.82) is 0 Å². The molecule has 1 fully saturated rings. The molecule has 84 valence electrons. The van der Waals surface area contributed by atoms with Gasteiger partial charge in [0.15, 0.2) is 0 Å². The molecule has 3 nitrogen and oxygen atoms in total. The van der Waals surface area contributed by atoms with Gasteiger partial charge in [0.1, 0.15) is 0 Å². The smallest absolute Gasteiger partial charge is 0.0821 e. The molecule has 0 bridgehead atoms. The molecule has 0 saturated heterocycles. The Morgan fingerprint density at radius 1 is 1.60 bits per heavy atom. The van der Waals surface area contributed by atoms with E-state index in [0.717, 1.165) is 37.9 Å². The van der Waals surface area contributed by atoms with Crippen LogP contribution in [0.5, 0.6) is 0 Å². The molecule has 1 aromatic heterocycles. The predicted octanol–water partition coefficient (Wildman–Crippen LogP) is 2.57. The average Bonchev–Trinajstić information content (AvgIpc) is 2.75. The molecule has 1 aliphatic rings. The summed E-state index contributed by atoms with van der Waals surface area (Å²) in [6.45, 7) is 3.00. The van der Waals surface area contributed by atoms with Gasteiger partial charge in [-0.15, -0.1) is 0 Å². The van der Waals surface area contributed by atoms with Gasteiger partial charge in [0.25, 0.3) is 0 Å². The molecule has 1 heterocycles. The van der Waals surface area contributed by atoms with Crippen LogP contribution in [-0.4, -0.2) is 21.0 Å². The van der Waals surface area contributed by atoms with Crippen LogP contribution >= 0.6 is 11.6 Å². The van der Waals surface area contributed by atoms with Crippen LogP contribution < -0.4 is 0 Å². The fraction of sp³-hybridized carbons (Fsp3) is 0.727. The Balaban J connectivity index is 2.28. The third kappa shape index (κ3) is 2.04. The van der Waals surface area contributed by atoms with Gasteiger partial charge in [-0.2, -0.15) is 5.10 Å². The van der Waals surface area contributed by atoms with Gasteiger partial charge in [-0.25, -0.2) is 0 Å². The number of halogens is 1. The van der Waals surface area contributed by atoms with E-state index in [1.165, 1.54) is 0 Å². The molecule has 0 spiro atoms. The summed E-state index contributed by atoms with van der Waals surface area (Å²) in [6, 6.07) is 0. The summed E-state index contributed by atoms with van der Waals surface area (Å²) in [4.78, 5) is 0. The van der Waals surface area contributed by atoms with E-state index in [4.69, 9.17) is 11.6 Å². The van der Waals surface area contributed by atoms with Crippen molar-refractivity contribution in [3.63, 3.8) is 0 Å². The predicted molar refractivity (Wildman–Crippen MR) is 60.1 cm³/mol. The maximum atomic E-state index is 9.88. The minimum Gasteiger partial charge on any atom is -0.392 e. The molecule has 0 aliphatic heterocycles. The van der Waals surface area contributed by atoms with E-state index in [0.29, 0.717) is 5.02 Å². The Morgan fingerprint density at radius 3 is 3.00 bits per heavy atom. The molecule has 1 aromatic rings. The van der Waals surface area contributed by atoms with E-state index >= 15 is 0 Å². The van der Waals surface area contributed by atoms with E-state index in [9.17, 15) is 5.11 Å². The number of aliphatic hydroxyl groups is 1. The SMILES string of the molecule is CCCn1ncc(Cl)c1C1CCCC1O. The number of nitrogens with zero attached hydrogens (tertiary/aromatic N) is 2. The van der Waals surface area contributed by atoms with Crippen molar-refractivity contribution >= 4 is 11.6 Å². The molecule has 15 heavy (non-hydrogen) atoms. The molecule has 0 aromatic carbocycles. The first-order chi connectivity index (χ1) is 7.24. The molecule has 1 saturated carbocycles. The zero-order valence-corrected chi connectivity index (χ0v) is 9.74. The van der Waals surface area contributed by atoms with Crippen molar-refractivity contribution < 1.29 is 5.11 Å². The van der Waals surface area contributed by atoms with Crippen LogP contribution in [0.15, 0.2) is 6.20 Å². The topological polar surface area (TPSA) is 38.0 Å². The van der Waals surface area contributed by atoms with Crippen LogP contribution in [0, 0.1) is 0 Å². The van der Waals surface area contributed by atoms with Gasteiger partial charge >= 0.3 is 0 Å². The normalized spacial score (nSPS) is 26.1. The maximum absolute atomic E-state index is 9.88. The van der Waals surface area contributed by atoms with Crippen molar-refractivity contribution in [3.05, 3.63) is 16.9 Å². The number of aryl methyl sites for hydroxylation is 1. The number of rotatable bonds is 3. The monoisotopic (exact) mass is 228 g/mol. The van der Waals surface area contributed by atoms with Crippen LogP contribution in [0.2, 0.25) is 5.02 Å². The highest BCUT2D eigenvalue weighted by molar-refractivity contribution is 6.31. The Bertz CT molecular complexity index is 337. The van der Waals surface area contributed by atoms with E-state index < -0.39 is 0 Å². The molecule has 1 N–H and O–H groups in total. The first kappa shape index (κ1) is 11.0. The van der Waals surface area contributed by atoms with Gasteiger partial charge in [0.05, 0.1) is 23.0 Å². The molecule has 2 rings (SSSR count). The highest BCUT2D eigenvalue weighted by Gasteiger charge is 2.31. The highest BCUT2D eigenvalue weighted by atomic mass is 35.5. The lowest BCUT2D eigenvalue weighted by molar-refractivity contribution is 0.160. The lowest BCUT2D eigenvalue weighted by atomic mass is 10.0. The first-order valence-electron chi connectivity index (χ1n) is 5.63. The van der Waals surface area contributed by atoms with Gasteiger partial charge in [-0.05, 0) is 19.3 Å². The zero-order valence-electron chi connectivity index (χ0n) is 8.99. The second kappa shape index (κ2) is 4.54. The van der Waals surface area contributed by atoms with Crippen LogP contribution in [0.1, 0.15) is 44.2 Å². The van der Waals surface area contributed by atoms with Crippen LogP contribution in [-0.2, 0) is 6.54 Å². The van der Waals surface area contributed by atoms with Gasteiger partial charge in [-0.3, -0.25) is 4.68 Å². The quantitative estimate of drug-likeness (QED) is 0.864. The molecule has 1 aliphatic carbocycles. The second-order valence-electron chi connectivity index (χ2n) is 4.21. The lowest BCUT2D eigenvalue weighted by Crippen LogP contribution is -2.16. The summed E-state index contributed by atoms with van der Waals surface area (Å²) < 4.78 is 1.95. The van der Waals surface area contributed by atoms with Crippen LogP contribution in [0.4, 0.5) is 0 Å². The van der Waals surface area contributed by atoms with E-state index in [-0.39, 0.29) is 12.0 Å². The van der Waals surface area contributed by atoms with Crippen molar-refractivity contribution in [2.75, 3.05) is 0 Å². The number of hydrogen-bond donors (Lipinski definition) is 1. The van der Waals surface area contributed by atoms with Crippen LogP contribution in [0.3, 0.4) is 0 Å². The molecule has 2 unspecified atom stereocenters. The highest BCUT2D eigenvalue weighted by Crippen LogP contribution is 2.37. The number of hydrogen-bond acceptors (Lipinski definition) is 2. The van der Waals surface area contributed by atoms with Gasteiger partial charge in [-0.1, -0.05) is 24.9 Å². The van der Waals surface area contributed by atoms with E-state index in [1.54, 1.807) is 6.20 Å². The summed E-state index contributed by atoms with van der Waals surface area (Å²) in [7, 11) is 0. The largest absolute Gasteiger partial charge is 0.392 e. The van der Waals surface area contributed by atoms with E-state index in [2.05, 4.69) is 12.0 Å². The van der Waals surface area contributed by atoms with Crippen molar-refractivity contribution in [2.24, 2.45) is 0 Å². The fourth-order valence-electron chi connectivity index (χ4n) is 2.39. The maximum Gasteiger partial charge on any atom is 0.0821 e. The number of aliphatic hydroxyl groups excluding tert-OH is 1. The fourth-order valence-corrected chi connectivity index (χ4v) is 2.67. The molecule has 2 atom stereocenters. The summed E-state index contributed by atoms with van der Waals surface area (Å²) in [5.41, 5.74) is 1.03. The van der Waals surface area contributed by atoms with Crippen LogP contribution in [0.25, 0.3) is 0 Å². The summed E-state index contributed by atoms with van der Waals surface area (Å²) in [6.07, 6.45) is 5.48. The zero-order chi connectivity index (χ0) is 10.8. The lowest BCUT2D eigenvalue weighted by Gasteiger charge is -2.16. The first-order valence-corrected chi connectivity index (χ1v) is 6.01. The second-order valence-corrected chi connectivity index (χ2v) is 4.61. The molecular formula is C11H17ClN2O. The standard InChI is InChI=1S/C11H17ClN2O/c1-2-6-14-11(9(12)7-13-14)8-4-3-5-10(8)15/h7-8,10,15H,2-6H2,1H3. The minimum atomic E-state index is -0.241. The van der Waals surface area contributed by atoms with Gasteiger partial charge in [0, 0.05) is 12.5 Å². The van der Waals surface area contributed by atoms with Crippen molar-refractivity contribution in [2.45, 2.75) is 51.2 Å². The Kier molecular flexibility index (Phi) is 3.32. The Labute approximate surface area is 95.0 Å². The van der Waals surface area contributed by atoms with Gasteiger partial charge in [0.2, 0.25) is 0 Å². The molecular weight excluding hydrogens is 212 g/mol. The Morgan fingerprint density at radius 2 is 2.40 bits per heavy atom. The summed E-state index contributed by atoms with van der Waals surface area (Å²) in [5, 5.41) is 14.8. The molecule has 0 amide bonds.